The molecule has 1 atom stereocenters. The van der Waals surface area contributed by atoms with Gasteiger partial charge in [-0.2, -0.15) is 4.98 Å². The Balaban J connectivity index is 1.73. The molecule has 1 aromatic rings. The normalized spacial score (nSPS) is 24.3. The molecule has 0 bridgehead atoms. The Morgan fingerprint density at radius 3 is 2.70 bits per heavy atom. The number of aliphatic carboxylic acids is 1. The van der Waals surface area contributed by atoms with Gasteiger partial charge in [0.1, 0.15) is 5.82 Å². The van der Waals surface area contributed by atoms with Crippen LogP contribution in [0.15, 0.2) is 0 Å². The van der Waals surface area contributed by atoms with E-state index in [0.29, 0.717) is 11.9 Å². The van der Waals surface area contributed by atoms with E-state index in [1.165, 1.54) is 24.2 Å². The summed E-state index contributed by atoms with van der Waals surface area (Å²) in [6, 6.07) is 0. The molecule has 1 saturated heterocycles. The maximum atomic E-state index is 11.8. The number of hydrogen-bond acceptors (Lipinski definition) is 4. The number of nitrogens with one attached hydrogen (secondary N) is 1. The lowest BCUT2D eigenvalue weighted by Gasteiger charge is -2.18. The summed E-state index contributed by atoms with van der Waals surface area (Å²) in [6.07, 6.45) is 5.89. The van der Waals surface area contributed by atoms with Gasteiger partial charge in [0.15, 0.2) is 0 Å². The molecule has 2 heterocycles. The molecular weight excluding hydrogens is 260 g/mol. The molecule has 1 saturated carbocycles. The Labute approximate surface area is 116 Å². The summed E-state index contributed by atoms with van der Waals surface area (Å²) in [5, 5.41) is 16.0. The summed E-state index contributed by atoms with van der Waals surface area (Å²) in [5.41, 5.74) is 0. The number of carbonyl (C=O) groups excluding carboxylic acids is 1. The number of nitrogens with zero attached hydrogens (tertiary/aromatic N) is 3. The van der Waals surface area contributed by atoms with Crippen molar-refractivity contribution >= 4 is 17.8 Å². The van der Waals surface area contributed by atoms with E-state index in [0.717, 1.165) is 18.7 Å². The second-order valence-corrected chi connectivity index (χ2v) is 5.60. The van der Waals surface area contributed by atoms with Gasteiger partial charge in [0.2, 0.25) is 5.91 Å². The lowest BCUT2D eigenvalue weighted by molar-refractivity contribution is -0.141. The molecule has 0 aromatic carbocycles. The predicted octanol–water partition coefficient (Wildman–Crippen LogP) is 1.29. The van der Waals surface area contributed by atoms with Crippen molar-refractivity contribution in [3.63, 3.8) is 0 Å². The molecule has 7 heteroatoms. The topological polar surface area (TPSA) is 99.2 Å². The van der Waals surface area contributed by atoms with E-state index in [1.807, 2.05) is 0 Å². The summed E-state index contributed by atoms with van der Waals surface area (Å²) < 4.78 is 0. The Bertz CT molecular complexity index is 521. The fraction of sp³-hybridized carbons (Fsp3) is 0.692. The standard InChI is InChI=1S/C13H18N4O3/c18-10-6-9(12(19)20)7-17(10)13-14-11(15-16-13)8-4-2-1-3-5-8/h8-9H,1-7H2,(H,19,20)(H,14,15,16). The van der Waals surface area contributed by atoms with Crippen LogP contribution in [-0.2, 0) is 9.59 Å². The second-order valence-electron chi connectivity index (χ2n) is 5.60. The highest BCUT2D eigenvalue weighted by Gasteiger charge is 2.37. The number of rotatable bonds is 3. The van der Waals surface area contributed by atoms with Crippen molar-refractivity contribution in [1.29, 1.82) is 0 Å². The van der Waals surface area contributed by atoms with Crippen LogP contribution >= 0.6 is 0 Å². The second kappa shape index (κ2) is 5.22. The average Bonchev–Trinajstić information content (AvgIpc) is 3.06. The summed E-state index contributed by atoms with van der Waals surface area (Å²) in [7, 11) is 0. The maximum Gasteiger partial charge on any atom is 0.308 e. The molecule has 1 aliphatic carbocycles. The SMILES string of the molecule is O=C(O)C1CC(=O)N(c2n[nH]c(C3CCCCC3)n2)C1. The van der Waals surface area contributed by atoms with Crippen LogP contribution in [0.2, 0.25) is 0 Å². The summed E-state index contributed by atoms with van der Waals surface area (Å²) in [5.74, 6) is -0.279. The van der Waals surface area contributed by atoms with Crippen molar-refractivity contribution in [2.24, 2.45) is 5.92 Å². The van der Waals surface area contributed by atoms with Gasteiger partial charge in [-0.25, -0.2) is 0 Å². The van der Waals surface area contributed by atoms with Gasteiger partial charge in [-0.15, -0.1) is 5.10 Å². The van der Waals surface area contributed by atoms with E-state index in [4.69, 9.17) is 5.11 Å². The van der Waals surface area contributed by atoms with Gasteiger partial charge in [-0.3, -0.25) is 19.6 Å². The van der Waals surface area contributed by atoms with Crippen molar-refractivity contribution in [3.8, 4) is 0 Å². The van der Waals surface area contributed by atoms with Crippen molar-refractivity contribution in [3.05, 3.63) is 5.82 Å². The lowest BCUT2D eigenvalue weighted by Crippen LogP contribution is -2.26. The number of carbonyl (C=O) groups is 2. The van der Waals surface area contributed by atoms with Crippen LogP contribution in [0.5, 0.6) is 0 Å². The molecule has 108 valence electrons. The van der Waals surface area contributed by atoms with Crippen molar-refractivity contribution in [2.45, 2.75) is 44.4 Å². The highest BCUT2D eigenvalue weighted by atomic mass is 16.4. The maximum absolute atomic E-state index is 11.8. The van der Waals surface area contributed by atoms with Crippen LogP contribution < -0.4 is 4.90 Å². The first-order valence-electron chi connectivity index (χ1n) is 7.10. The molecule has 1 aromatic heterocycles. The Kier molecular flexibility index (Phi) is 3.42. The van der Waals surface area contributed by atoms with E-state index in [1.54, 1.807) is 0 Å². The molecule has 0 spiro atoms. The lowest BCUT2D eigenvalue weighted by atomic mass is 9.89. The molecule has 1 amide bonds. The average molecular weight is 278 g/mol. The quantitative estimate of drug-likeness (QED) is 0.868. The van der Waals surface area contributed by atoms with Crippen molar-refractivity contribution < 1.29 is 14.7 Å². The zero-order valence-corrected chi connectivity index (χ0v) is 11.2. The number of carboxylic acids is 1. The number of H-pyrrole nitrogens is 1. The van der Waals surface area contributed by atoms with E-state index in [9.17, 15) is 9.59 Å². The molecule has 2 fully saturated rings. The third-order valence-electron chi connectivity index (χ3n) is 4.20. The van der Waals surface area contributed by atoms with E-state index in [-0.39, 0.29) is 18.9 Å². The first kappa shape index (κ1) is 13.1. The molecule has 0 radical (unpaired) electrons. The van der Waals surface area contributed by atoms with Gasteiger partial charge in [-0.1, -0.05) is 19.3 Å². The van der Waals surface area contributed by atoms with E-state index in [2.05, 4.69) is 15.2 Å². The molecule has 3 rings (SSSR count). The third kappa shape index (κ3) is 2.39. The Morgan fingerprint density at radius 1 is 1.30 bits per heavy atom. The minimum absolute atomic E-state index is 0.0304. The third-order valence-corrected chi connectivity index (χ3v) is 4.20. The summed E-state index contributed by atoms with van der Waals surface area (Å²) in [4.78, 5) is 28.6. The Hall–Kier alpha value is -1.92. The first-order chi connectivity index (χ1) is 9.65. The zero-order valence-electron chi connectivity index (χ0n) is 11.2. The molecule has 2 N–H and O–H groups in total. The number of carboxylic acid groups (broad SMARTS) is 1. The van der Waals surface area contributed by atoms with Crippen molar-refractivity contribution in [2.75, 3.05) is 11.4 Å². The number of aromatic nitrogens is 3. The van der Waals surface area contributed by atoms with Crippen LogP contribution in [-0.4, -0.2) is 38.7 Å². The Morgan fingerprint density at radius 2 is 2.05 bits per heavy atom. The van der Waals surface area contributed by atoms with Crippen molar-refractivity contribution in [1.82, 2.24) is 15.2 Å². The monoisotopic (exact) mass is 278 g/mol. The van der Waals surface area contributed by atoms with Gasteiger partial charge in [0, 0.05) is 18.9 Å². The molecule has 1 unspecified atom stereocenters. The molecule has 1 aliphatic heterocycles. The van der Waals surface area contributed by atoms with Crippen LogP contribution in [0.25, 0.3) is 0 Å². The number of anilines is 1. The molecule has 7 nitrogen and oxygen atoms in total. The smallest absolute Gasteiger partial charge is 0.308 e. The van der Waals surface area contributed by atoms with Crippen LogP contribution in [0, 0.1) is 5.92 Å². The van der Waals surface area contributed by atoms with Crippen LogP contribution in [0.1, 0.15) is 50.3 Å². The fourth-order valence-corrected chi connectivity index (χ4v) is 3.01. The fourth-order valence-electron chi connectivity index (χ4n) is 3.01. The predicted molar refractivity (Wildman–Crippen MR) is 70.3 cm³/mol. The van der Waals surface area contributed by atoms with E-state index >= 15 is 0 Å². The molecule has 20 heavy (non-hydrogen) atoms. The highest BCUT2D eigenvalue weighted by molar-refractivity contribution is 5.97. The minimum Gasteiger partial charge on any atom is -0.481 e. The van der Waals surface area contributed by atoms with Gasteiger partial charge < -0.3 is 5.11 Å². The van der Waals surface area contributed by atoms with E-state index < -0.39 is 11.9 Å². The van der Waals surface area contributed by atoms with Gasteiger partial charge in [0.05, 0.1) is 5.92 Å². The van der Waals surface area contributed by atoms with Gasteiger partial charge in [-0.05, 0) is 12.8 Å². The molecule has 2 aliphatic rings. The molecular formula is C13H18N4O3. The number of aromatic amines is 1. The zero-order chi connectivity index (χ0) is 14.1. The van der Waals surface area contributed by atoms with Crippen LogP contribution in [0.3, 0.4) is 0 Å². The minimum atomic E-state index is -0.941. The van der Waals surface area contributed by atoms with Crippen LogP contribution in [0.4, 0.5) is 5.95 Å². The first-order valence-corrected chi connectivity index (χ1v) is 7.10. The summed E-state index contributed by atoms with van der Waals surface area (Å²) in [6.45, 7) is 0.163. The largest absolute Gasteiger partial charge is 0.481 e. The van der Waals surface area contributed by atoms with Gasteiger partial charge >= 0.3 is 5.97 Å². The number of hydrogen-bond donors (Lipinski definition) is 2. The van der Waals surface area contributed by atoms with Gasteiger partial charge in [0.25, 0.3) is 5.95 Å². The highest BCUT2D eigenvalue weighted by Crippen LogP contribution is 2.31. The number of amides is 1. The summed E-state index contributed by atoms with van der Waals surface area (Å²) >= 11 is 0.